The summed E-state index contributed by atoms with van der Waals surface area (Å²) < 4.78 is 11.1. The Morgan fingerprint density at radius 1 is 0.872 bits per heavy atom. The number of hydrogen-bond acceptors (Lipinski definition) is 7. The summed E-state index contributed by atoms with van der Waals surface area (Å²) in [5.74, 6) is -1.18. The first-order chi connectivity index (χ1) is 18.8. The van der Waals surface area contributed by atoms with Crippen LogP contribution in [-0.4, -0.2) is 47.4 Å². The van der Waals surface area contributed by atoms with Gasteiger partial charge in [0.1, 0.15) is 17.1 Å². The lowest BCUT2D eigenvalue weighted by Gasteiger charge is -2.30. The summed E-state index contributed by atoms with van der Waals surface area (Å²) in [6.07, 6.45) is 1.43. The minimum Gasteiger partial charge on any atom is -0.496 e. The predicted molar refractivity (Wildman–Crippen MR) is 147 cm³/mol. The second-order valence-corrected chi connectivity index (χ2v) is 9.06. The molecule has 39 heavy (non-hydrogen) atoms. The molecule has 0 aromatic heterocycles. The lowest BCUT2D eigenvalue weighted by Crippen LogP contribution is -2.54. The van der Waals surface area contributed by atoms with E-state index in [1.165, 1.54) is 18.1 Å². The third-order valence-electron chi connectivity index (χ3n) is 6.33. The van der Waals surface area contributed by atoms with Gasteiger partial charge >= 0.3 is 0 Å². The highest BCUT2D eigenvalue weighted by molar-refractivity contribution is 7.80. The molecule has 3 aromatic rings. The maximum absolute atomic E-state index is 13.5. The molecule has 0 saturated carbocycles. The number of fused-ring (bicyclic) bond motifs is 1. The van der Waals surface area contributed by atoms with Crippen molar-refractivity contribution >= 4 is 52.7 Å². The number of ether oxygens (including phenoxy) is 2. The standard InChI is InChI=1S/C29H23N3O6S/c1-3-38-24-11-7-6-10-22(24)32-28(36)21(25(33)30-29(32)39)15-17-12-13-23(37-2)18(14-17)16-31-26(34)19-8-4-5-9-20(19)27(31)35/h4-15H,3,16H2,1-2H3,(H,30,33,39)/b21-15+. The number of benzene rings is 3. The third kappa shape index (κ3) is 4.66. The number of carbonyl (C=O) groups is 4. The van der Waals surface area contributed by atoms with Gasteiger partial charge in [-0.05, 0) is 67.2 Å². The van der Waals surface area contributed by atoms with Crippen molar-refractivity contribution in [1.82, 2.24) is 10.2 Å². The summed E-state index contributed by atoms with van der Waals surface area (Å²) in [5.41, 5.74) is 1.96. The molecule has 0 aliphatic carbocycles. The summed E-state index contributed by atoms with van der Waals surface area (Å²) in [5, 5.41) is 2.51. The number of thiocarbonyl (C=S) groups is 1. The van der Waals surface area contributed by atoms with Crippen LogP contribution in [0.2, 0.25) is 0 Å². The van der Waals surface area contributed by atoms with Crippen LogP contribution in [0.5, 0.6) is 11.5 Å². The van der Waals surface area contributed by atoms with E-state index in [0.717, 1.165) is 4.90 Å². The van der Waals surface area contributed by atoms with Gasteiger partial charge in [0.25, 0.3) is 23.6 Å². The minimum atomic E-state index is -0.646. The molecule has 10 heteroatoms. The first-order valence-electron chi connectivity index (χ1n) is 12.1. The van der Waals surface area contributed by atoms with Crippen molar-refractivity contribution in [1.29, 1.82) is 0 Å². The van der Waals surface area contributed by atoms with E-state index in [9.17, 15) is 19.2 Å². The summed E-state index contributed by atoms with van der Waals surface area (Å²) in [7, 11) is 1.48. The zero-order chi connectivity index (χ0) is 27.7. The first-order valence-corrected chi connectivity index (χ1v) is 12.5. The molecule has 0 unspecified atom stereocenters. The molecule has 2 heterocycles. The largest absolute Gasteiger partial charge is 0.496 e. The Labute approximate surface area is 229 Å². The number of para-hydroxylation sites is 2. The zero-order valence-electron chi connectivity index (χ0n) is 21.1. The second-order valence-electron chi connectivity index (χ2n) is 8.67. The van der Waals surface area contributed by atoms with Gasteiger partial charge in [0, 0.05) is 5.56 Å². The molecule has 1 N–H and O–H groups in total. The highest BCUT2D eigenvalue weighted by Gasteiger charge is 2.37. The summed E-state index contributed by atoms with van der Waals surface area (Å²) in [6, 6.07) is 18.5. The summed E-state index contributed by atoms with van der Waals surface area (Å²) in [4.78, 5) is 54.5. The lowest BCUT2D eigenvalue weighted by atomic mass is 10.0. The summed E-state index contributed by atoms with van der Waals surface area (Å²) in [6.45, 7) is 2.15. The Hall–Kier alpha value is -4.83. The molecular weight excluding hydrogens is 518 g/mol. The molecule has 1 saturated heterocycles. The number of anilines is 1. The first kappa shape index (κ1) is 25.8. The Morgan fingerprint density at radius 2 is 1.54 bits per heavy atom. The van der Waals surface area contributed by atoms with Crippen molar-refractivity contribution in [2.24, 2.45) is 0 Å². The van der Waals surface area contributed by atoms with E-state index in [4.69, 9.17) is 21.7 Å². The van der Waals surface area contributed by atoms with E-state index in [1.54, 1.807) is 66.7 Å². The Bertz CT molecular complexity index is 1550. The van der Waals surface area contributed by atoms with Crippen molar-refractivity contribution in [3.8, 4) is 11.5 Å². The average molecular weight is 542 g/mol. The Kier molecular flexibility index (Phi) is 6.95. The number of rotatable bonds is 7. The number of nitrogens with one attached hydrogen (secondary N) is 1. The van der Waals surface area contributed by atoms with Crippen LogP contribution in [0.3, 0.4) is 0 Å². The van der Waals surface area contributed by atoms with E-state index < -0.39 is 23.6 Å². The van der Waals surface area contributed by atoms with E-state index >= 15 is 0 Å². The van der Waals surface area contributed by atoms with Gasteiger partial charge in [-0.25, -0.2) is 4.90 Å². The van der Waals surface area contributed by atoms with Crippen LogP contribution < -0.4 is 19.7 Å². The molecule has 2 aliphatic rings. The predicted octanol–water partition coefficient (Wildman–Crippen LogP) is 3.72. The van der Waals surface area contributed by atoms with Crippen molar-refractivity contribution in [2.75, 3.05) is 18.6 Å². The monoisotopic (exact) mass is 541 g/mol. The number of nitrogens with zero attached hydrogens (tertiary/aromatic N) is 2. The van der Waals surface area contributed by atoms with Gasteiger partial charge in [0.2, 0.25) is 0 Å². The topological polar surface area (TPSA) is 105 Å². The third-order valence-corrected chi connectivity index (χ3v) is 6.61. The number of imide groups is 1. The fourth-order valence-corrected chi connectivity index (χ4v) is 4.80. The van der Waals surface area contributed by atoms with Crippen molar-refractivity contribution in [3.05, 3.63) is 94.6 Å². The molecule has 9 nitrogen and oxygen atoms in total. The van der Waals surface area contributed by atoms with E-state index in [-0.39, 0.29) is 17.2 Å². The van der Waals surface area contributed by atoms with E-state index in [0.29, 0.717) is 46.0 Å². The van der Waals surface area contributed by atoms with Gasteiger partial charge in [-0.3, -0.25) is 29.4 Å². The molecule has 4 amide bonds. The Morgan fingerprint density at radius 3 is 2.21 bits per heavy atom. The molecule has 0 bridgehead atoms. The molecule has 5 rings (SSSR count). The van der Waals surface area contributed by atoms with Gasteiger partial charge in [0.05, 0.1) is 37.1 Å². The smallest absolute Gasteiger partial charge is 0.270 e. The summed E-state index contributed by atoms with van der Waals surface area (Å²) >= 11 is 5.31. The fourth-order valence-electron chi connectivity index (χ4n) is 4.53. The molecule has 196 valence electrons. The minimum absolute atomic E-state index is 0.0510. The fraction of sp³-hybridized carbons (Fsp3) is 0.138. The molecule has 0 radical (unpaired) electrons. The van der Waals surface area contributed by atoms with Crippen molar-refractivity contribution < 1.29 is 28.7 Å². The maximum Gasteiger partial charge on any atom is 0.270 e. The van der Waals surface area contributed by atoms with Gasteiger partial charge in [-0.1, -0.05) is 30.3 Å². The van der Waals surface area contributed by atoms with Crippen LogP contribution in [-0.2, 0) is 16.1 Å². The molecular formula is C29H23N3O6S. The van der Waals surface area contributed by atoms with Gasteiger partial charge in [-0.2, -0.15) is 0 Å². The average Bonchev–Trinajstić information content (AvgIpc) is 3.17. The van der Waals surface area contributed by atoms with Crippen LogP contribution in [0.1, 0.15) is 38.8 Å². The second kappa shape index (κ2) is 10.5. The maximum atomic E-state index is 13.5. The quantitative estimate of drug-likeness (QED) is 0.210. The van der Waals surface area contributed by atoms with Gasteiger partial charge in [0.15, 0.2) is 5.11 Å². The van der Waals surface area contributed by atoms with Crippen LogP contribution in [0.25, 0.3) is 6.08 Å². The van der Waals surface area contributed by atoms with Gasteiger partial charge in [-0.15, -0.1) is 0 Å². The number of carbonyl (C=O) groups excluding carboxylic acids is 4. The van der Waals surface area contributed by atoms with Crippen molar-refractivity contribution in [2.45, 2.75) is 13.5 Å². The van der Waals surface area contributed by atoms with Crippen molar-refractivity contribution in [3.63, 3.8) is 0 Å². The highest BCUT2D eigenvalue weighted by Crippen LogP contribution is 2.32. The molecule has 2 aliphatic heterocycles. The number of amides is 4. The van der Waals surface area contributed by atoms with E-state index in [1.807, 2.05) is 6.92 Å². The molecule has 0 atom stereocenters. The molecule has 3 aromatic carbocycles. The lowest BCUT2D eigenvalue weighted by molar-refractivity contribution is -0.122. The Balaban J connectivity index is 1.48. The molecule has 1 fully saturated rings. The van der Waals surface area contributed by atoms with Crippen LogP contribution in [0.4, 0.5) is 5.69 Å². The highest BCUT2D eigenvalue weighted by atomic mass is 32.1. The van der Waals surface area contributed by atoms with E-state index in [2.05, 4.69) is 5.32 Å². The zero-order valence-corrected chi connectivity index (χ0v) is 21.9. The number of hydrogen-bond donors (Lipinski definition) is 1. The van der Waals surface area contributed by atoms with Gasteiger partial charge < -0.3 is 9.47 Å². The SMILES string of the molecule is CCOc1ccccc1N1C(=O)/C(=C/c2ccc(OC)c(CN3C(=O)c4ccccc4C3=O)c2)C(=O)NC1=S. The van der Waals surface area contributed by atoms with Crippen LogP contribution in [0.15, 0.2) is 72.3 Å². The number of methoxy groups -OCH3 is 1. The normalized spacial score (nSPS) is 16.1. The van der Waals surface area contributed by atoms with Crippen LogP contribution in [0, 0.1) is 0 Å². The van der Waals surface area contributed by atoms with Crippen LogP contribution >= 0.6 is 12.2 Å². The molecule has 0 spiro atoms.